The highest BCUT2D eigenvalue weighted by molar-refractivity contribution is 5.20. The lowest BCUT2D eigenvalue weighted by Gasteiger charge is -2.39. The van der Waals surface area contributed by atoms with E-state index in [1.165, 1.54) is 5.56 Å². The number of hydrogen-bond donors (Lipinski definition) is 1. The van der Waals surface area contributed by atoms with Gasteiger partial charge in [0.05, 0.1) is 18.3 Å². The third kappa shape index (κ3) is 2.21. The Kier molecular flexibility index (Phi) is 2.81. The Morgan fingerprint density at radius 1 is 1.27 bits per heavy atom. The Balaban J connectivity index is 2.10. The molecule has 2 nitrogen and oxygen atoms in total. The van der Waals surface area contributed by atoms with E-state index in [2.05, 4.69) is 12.1 Å². The summed E-state index contributed by atoms with van der Waals surface area (Å²) >= 11 is 0. The Bertz CT molecular complexity index is 319. The minimum Gasteiger partial charge on any atom is -0.390 e. The first-order chi connectivity index (χ1) is 7.09. The van der Waals surface area contributed by atoms with Gasteiger partial charge < -0.3 is 9.84 Å². The summed E-state index contributed by atoms with van der Waals surface area (Å²) in [5, 5.41) is 9.94. The number of hydrogen-bond acceptors (Lipinski definition) is 2. The van der Waals surface area contributed by atoms with Gasteiger partial charge in [0.2, 0.25) is 0 Å². The van der Waals surface area contributed by atoms with Gasteiger partial charge in [-0.15, -0.1) is 0 Å². The molecule has 1 aromatic carbocycles. The molecule has 0 saturated carbocycles. The molecule has 1 N–H and O–H groups in total. The summed E-state index contributed by atoms with van der Waals surface area (Å²) < 4.78 is 5.69. The Morgan fingerprint density at radius 3 is 2.53 bits per heavy atom. The molecule has 0 aliphatic carbocycles. The maximum atomic E-state index is 9.94. The van der Waals surface area contributed by atoms with Crippen molar-refractivity contribution in [2.45, 2.75) is 37.9 Å². The molecule has 1 heterocycles. The smallest absolute Gasteiger partial charge is 0.0884 e. The van der Waals surface area contributed by atoms with Crippen LogP contribution >= 0.6 is 0 Å². The van der Waals surface area contributed by atoms with Crippen molar-refractivity contribution in [1.82, 2.24) is 0 Å². The maximum Gasteiger partial charge on any atom is 0.0884 e. The van der Waals surface area contributed by atoms with Crippen molar-refractivity contribution in [3.63, 3.8) is 0 Å². The lowest BCUT2D eigenvalue weighted by molar-refractivity contribution is -0.140. The van der Waals surface area contributed by atoms with Crippen molar-refractivity contribution in [3.8, 4) is 0 Å². The van der Waals surface area contributed by atoms with Gasteiger partial charge in [0, 0.05) is 5.92 Å². The second-order valence-corrected chi connectivity index (χ2v) is 4.77. The van der Waals surface area contributed by atoms with Gasteiger partial charge in [0.25, 0.3) is 0 Å². The molecule has 1 fully saturated rings. The van der Waals surface area contributed by atoms with Crippen molar-refractivity contribution >= 4 is 0 Å². The number of ether oxygens (including phenoxy) is 1. The lowest BCUT2D eigenvalue weighted by atomic mass is 9.85. The molecule has 1 aliphatic rings. The molecular formula is C13H18O2. The van der Waals surface area contributed by atoms with Crippen molar-refractivity contribution in [3.05, 3.63) is 35.9 Å². The standard InChI is InChI=1S/C13H18O2/c1-13(2)12(14)8-11(9-15-13)10-6-4-3-5-7-10/h3-7,11-12,14H,8-9H2,1-2H3/t11-,12-/m1/s1. The van der Waals surface area contributed by atoms with Gasteiger partial charge in [-0.1, -0.05) is 30.3 Å². The third-order valence-electron chi connectivity index (χ3n) is 3.24. The number of aliphatic hydroxyl groups is 1. The van der Waals surface area contributed by atoms with Gasteiger partial charge in [0.15, 0.2) is 0 Å². The molecule has 15 heavy (non-hydrogen) atoms. The van der Waals surface area contributed by atoms with Crippen LogP contribution in [0.5, 0.6) is 0 Å². The summed E-state index contributed by atoms with van der Waals surface area (Å²) in [6.45, 7) is 4.59. The summed E-state index contributed by atoms with van der Waals surface area (Å²) in [6, 6.07) is 10.3. The molecule has 82 valence electrons. The van der Waals surface area contributed by atoms with E-state index in [1.54, 1.807) is 0 Å². The monoisotopic (exact) mass is 206 g/mol. The van der Waals surface area contributed by atoms with Crippen molar-refractivity contribution in [2.75, 3.05) is 6.61 Å². The van der Waals surface area contributed by atoms with Crippen LogP contribution in [-0.4, -0.2) is 23.4 Å². The highest BCUT2D eigenvalue weighted by Crippen LogP contribution is 2.33. The first-order valence-corrected chi connectivity index (χ1v) is 5.46. The van der Waals surface area contributed by atoms with Gasteiger partial charge in [-0.3, -0.25) is 0 Å². The molecule has 0 aromatic heterocycles. The number of benzene rings is 1. The van der Waals surface area contributed by atoms with Crippen LogP contribution in [0.15, 0.2) is 30.3 Å². The van der Waals surface area contributed by atoms with Crippen LogP contribution in [-0.2, 0) is 4.74 Å². The van der Waals surface area contributed by atoms with E-state index in [-0.39, 0.29) is 6.10 Å². The fraction of sp³-hybridized carbons (Fsp3) is 0.538. The van der Waals surface area contributed by atoms with Gasteiger partial charge >= 0.3 is 0 Å². The average molecular weight is 206 g/mol. The molecule has 1 aromatic rings. The van der Waals surface area contributed by atoms with Crippen LogP contribution in [0.1, 0.15) is 31.7 Å². The maximum absolute atomic E-state index is 9.94. The van der Waals surface area contributed by atoms with Crippen LogP contribution in [0.3, 0.4) is 0 Å². The van der Waals surface area contributed by atoms with Crippen molar-refractivity contribution in [1.29, 1.82) is 0 Å². The minimum absolute atomic E-state index is 0.328. The normalized spacial score (nSPS) is 30.1. The molecule has 0 bridgehead atoms. The quantitative estimate of drug-likeness (QED) is 0.764. The summed E-state index contributed by atoms with van der Waals surface area (Å²) in [6.07, 6.45) is 0.410. The van der Waals surface area contributed by atoms with E-state index in [0.717, 1.165) is 6.42 Å². The molecule has 1 aliphatic heterocycles. The summed E-state index contributed by atoms with van der Waals surface area (Å²) in [4.78, 5) is 0. The molecule has 1 saturated heterocycles. The molecule has 2 atom stereocenters. The van der Waals surface area contributed by atoms with Crippen LogP contribution in [0.4, 0.5) is 0 Å². The molecule has 0 radical (unpaired) electrons. The molecule has 2 rings (SSSR count). The van der Waals surface area contributed by atoms with E-state index in [4.69, 9.17) is 4.74 Å². The van der Waals surface area contributed by atoms with Crippen molar-refractivity contribution in [2.24, 2.45) is 0 Å². The molecule has 0 unspecified atom stereocenters. The zero-order valence-corrected chi connectivity index (χ0v) is 9.31. The highest BCUT2D eigenvalue weighted by Gasteiger charge is 2.36. The van der Waals surface area contributed by atoms with Gasteiger partial charge in [-0.25, -0.2) is 0 Å². The summed E-state index contributed by atoms with van der Waals surface area (Å²) in [5.74, 6) is 0.328. The Morgan fingerprint density at radius 2 is 1.93 bits per heavy atom. The fourth-order valence-corrected chi connectivity index (χ4v) is 1.99. The van der Waals surface area contributed by atoms with Crippen LogP contribution in [0, 0.1) is 0 Å². The second-order valence-electron chi connectivity index (χ2n) is 4.77. The van der Waals surface area contributed by atoms with E-state index in [9.17, 15) is 5.11 Å². The van der Waals surface area contributed by atoms with E-state index in [1.807, 2.05) is 32.0 Å². The Hall–Kier alpha value is -0.860. The van der Waals surface area contributed by atoms with Crippen LogP contribution < -0.4 is 0 Å². The first-order valence-electron chi connectivity index (χ1n) is 5.46. The fourth-order valence-electron chi connectivity index (χ4n) is 1.99. The molecule has 0 spiro atoms. The molecular weight excluding hydrogens is 188 g/mol. The number of aliphatic hydroxyl groups excluding tert-OH is 1. The summed E-state index contributed by atoms with van der Waals surface area (Å²) in [5.41, 5.74) is 0.859. The predicted octanol–water partition coefficient (Wildman–Crippen LogP) is 2.33. The zero-order valence-electron chi connectivity index (χ0n) is 9.31. The van der Waals surface area contributed by atoms with Crippen LogP contribution in [0.25, 0.3) is 0 Å². The third-order valence-corrected chi connectivity index (χ3v) is 3.24. The lowest BCUT2D eigenvalue weighted by Crippen LogP contribution is -2.45. The van der Waals surface area contributed by atoms with E-state index >= 15 is 0 Å². The molecule has 2 heteroatoms. The zero-order chi connectivity index (χ0) is 10.9. The highest BCUT2D eigenvalue weighted by atomic mass is 16.5. The molecule has 0 amide bonds. The van der Waals surface area contributed by atoms with Crippen molar-refractivity contribution < 1.29 is 9.84 Å². The van der Waals surface area contributed by atoms with Gasteiger partial charge in [-0.2, -0.15) is 0 Å². The average Bonchev–Trinajstić information content (AvgIpc) is 2.23. The Labute approximate surface area is 90.9 Å². The van der Waals surface area contributed by atoms with Gasteiger partial charge in [-0.05, 0) is 25.8 Å². The van der Waals surface area contributed by atoms with E-state index < -0.39 is 5.60 Å². The predicted molar refractivity (Wildman–Crippen MR) is 59.8 cm³/mol. The minimum atomic E-state index is -0.398. The first kappa shape index (κ1) is 10.7. The van der Waals surface area contributed by atoms with Crippen LogP contribution in [0.2, 0.25) is 0 Å². The largest absolute Gasteiger partial charge is 0.390 e. The van der Waals surface area contributed by atoms with E-state index in [0.29, 0.717) is 12.5 Å². The topological polar surface area (TPSA) is 29.5 Å². The number of rotatable bonds is 1. The van der Waals surface area contributed by atoms with Gasteiger partial charge in [0.1, 0.15) is 0 Å². The summed E-state index contributed by atoms with van der Waals surface area (Å²) in [7, 11) is 0. The second kappa shape index (κ2) is 3.95. The SMILES string of the molecule is CC1(C)OC[C@H](c2ccccc2)C[C@H]1O.